The molecule has 28 heavy (non-hydrogen) atoms. The second-order valence-electron chi connectivity index (χ2n) is 6.58. The van der Waals surface area contributed by atoms with Gasteiger partial charge in [0, 0.05) is 30.3 Å². The Morgan fingerprint density at radius 3 is 2.93 bits per heavy atom. The molecule has 5 rings (SSSR count). The average molecular weight is 381 g/mol. The molecule has 0 bridgehead atoms. The lowest BCUT2D eigenvalue weighted by Crippen LogP contribution is -2.25. The molecule has 1 N–H and O–H groups in total. The van der Waals surface area contributed by atoms with Gasteiger partial charge in [0.25, 0.3) is 5.89 Å². The number of nitrogens with zero attached hydrogens (tertiary/aromatic N) is 4. The van der Waals surface area contributed by atoms with Gasteiger partial charge >= 0.3 is 0 Å². The van der Waals surface area contributed by atoms with Crippen molar-refractivity contribution in [2.45, 2.75) is 12.3 Å². The Hall–Kier alpha value is -3.62. The maximum atomic E-state index is 14.0. The standard InChI is InChI=1S/C19H13F2N5O2/c20-11-5-6-13(21)15(8-11)26-9-10(7-16(26)27)18-22-19(28-25-18)17-12-3-1-2-4-14(12)23-24-17/h1-6,8,10H,7,9H2,(H,23,24). The molecular weight excluding hydrogens is 368 g/mol. The van der Waals surface area contributed by atoms with Crippen molar-refractivity contribution < 1.29 is 18.1 Å². The number of benzene rings is 2. The monoisotopic (exact) mass is 381 g/mol. The summed E-state index contributed by atoms with van der Waals surface area (Å²) in [7, 11) is 0. The van der Waals surface area contributed by atoms with Crippen LogP contribution in [0.2, 0.25) is 0 Å². The quantitative estimate of drug-likeness (QED) is 0.588. The van der Waals surface area contributed by atoms with E-state index in [1.807, 2.05) is 24.3 Å². The molecule has 3 heterocycles. The van der Waals surface area contributed by atoms with E-state index >= 15 is 0 Å². The molecular formula is C19H13F2N5O2. The third-order valence-corrected chi connectivity index (χ3v) is 4.80. The van der Waals surface area contributed by atoms with Gasteiger partial charge in [0.15, 0.2) is 11.5 Å². The van der Waals surface area contributed by atoms with Crippen LogP contribution in [0.15, 0.2) is 47.0 Å². The molecule has 1 unspecified atom stereocenters. The van der Waals surface area contributed by atoms with Crippen molar-refractivity contribution in [3.63, 3.8) is 0 Å². The first-order valence-corrected chi connectivity index (χ1v) is 8.62. The Bertz CT molecular complexity index is 1200. The zero-order valence-corrected chi connectivity index (χ0v) is 14.4. The highest BCUT2D eigenvalue weighted by Gasteiger charge is 2.36. The third-order valence-electron chi connectivity index (χ3n) is 4.80. The first kappa shape index (κ1) is 16.5. The molecule has 1 fully saturated rings. The van der Waals surface area contributed by atoms with Gasteiger partial charge in [-0.1, -0.05) is 23.4 Å². The Kier molecular flexibility index (Phi) is 3.68. The zero-order chi connectivity index (χ0) is 19.3. The Labute approximate surface area is 157 Å². The molecule has 1 saturated heterocycles. The predicted molar refractivity (Wildman–Crippen MR) is 95.5 cm³/mol. The molecule has 4 aromatic rings. The first-order chi connectivity index (χ1) is 13.6. The van der Waals surface area contributed by atoms with E-state index in [-0.39, 0.29) is 30.5 Å². The second kappa shape index (κ2) is 6.22. The normalized spacial score (nSPS) is 17.0. The number of anilines is 1. The van der Waals surface area contributed by atoms with E-state index in [1.54, 1.807) is 0 Å². The summed E-state index contributed by atoms with van der Waals surface area (Å²) >= 11 is 0. The highest BCUT2D eigenvalue weighted by Crippen LogP contribution is 2.33. The number of aromatic amines is 1. The summed E-state index contributed by atoms with van der Waals surface area (Å²) in [5, 5.41) is 11.9. The van der Waals surface area contributed by atoms with Crippen molar-refractivity contribution in [2.75, 3.05) is 11.4 Å². The van der Waals surface area contributed by atoms with Gasteiger partial charge in [-0.3, -0.25) is 9.89 Å². The Balaban J connectivity index is 1.44. The summed E-state index contributed by atoms with van der Waals surface area (Å²) in [6, 6.07) is 10.5. The molecule has 7 nitrogen and oxygen atoms in total. The summed E-state index contributed by atoms with van der Waals surface area (Å²) in [6.45, 7) is 0.138. The molecule has 0 saturated carbocycles. The zero-order valence-electron chi connectivity index (χ0n) is 14.4. The van der Waals surface area contributed by atoms with Crippen LogP contribution in [-0.2, 0) is 4.79 Å². The summed E-state index contributed by atoms with van der Waals surface area (Å²) in [6.07, 6.45) is 0.0796. The number of aromatic nitrogens is 4. The molecule has 2 aromatic heterocycles. The highest BCUT2D eigenvalue weighted by molar-refractivity contribution is 5.96. The molecule has 1 aliphatic rings. The van der Waals surface area contributed by atoms with E-state index in [0.717, 1.165) is 29.1 Å². The summed E-state index contributed by atoms with van der Waals surface area (Å²) in [5.41, 5.74) is 1.27. The summed E-state index contributed by atoms with van der Waals surface area (Å²) < 4.78 is 32.9. The summed E-state index contributed by atoms with van der Waals surface area (Å²) in [5.74, 6) is -1.43. The fourth-order valence-electron chi connectivity index (χ4n) is 3.43. The van der Waals surface area contributed by atoms with Crippen LogP contribution >= 0.6 is 0 Å². The van der Waals surface area contributed by atoms with E-state index in [2.05, 4.69) is 20.3 Å². The number of halogens is 2. The fraction of sp³-hybridized carbons (Fsp3) is 0.158. The molecule has 9 heteroatoms. The van der Waals surface area contributed by atoms with Gasteiger partial charge in [-0.25, -0.2) is 8.78 Å². The van der Waals surface area contributed by atoms with Gasteiger partial charge < -0.3 is 9.42 Å². The predicted octanol–water partition coefficient (Wildman–Crippen LogP) is 3.41. The fourth-order valence-corrected chi connectivity index (χ4v) is 3.43. The van der Waals surface area contributed by atoms with Crippen LogP contribution < -0.4 is 4.90 Å². The largest absolute Gasteiger partial charge is 0.332 e. The molecule has 2 aromatic carbocycles. The molecule has 0 aliphatic carbocycles. The van der Waals surface area contributed by atoms with Gasteiger partial charge in [0.1, 0.15) is 11.6 Å². The second-order valence-corrected chi connectivity index (χ2v) is 6.58. The van der Waals surface area contributed by atoms with Crippen molar-refractivity contribution in [3.05, 3.63) is 59.9 Å². The molecule has 0 spiro atoms. The first-order valence-electron chi connectivity index (χ1n) is 8.62. The van der Waals surface area contributed by atoms with Crippen molar-refractivity contribution in [1.82, 2.24) is 20.3 Å². The maximum Gasteiger partial charge on any atom is 0.279 e. The Morgan fingerprint density at radius 1 is 1.18 bits per heavy atom. The number of H-pyrrole nitrogens is 1. The lowest BCUT2D eigenvalue weighted by Gasteiger charge is -2.16. The maximum absolute atomic E-state index is 14.0. The van der Waals surface area contributed by atoms with Gasteiger partial charge in [0.2, 0.25) is 5.91 Å². The van der Waals surface area contributed by atoms with E-state index in [1.165, 1.54) is 4.90 Å². The van der Waals surface area contributed by atoms with Gasteiger partial charge in [-0.05, 0) is 18.2 Å². The minimum atomic E-state index is -0.660. The van der Waals surface area contributed by atoms with Crippen molar-refractivity contribution in [1.29, 1.82) is 0 Å². The molecule has 1 amide bonds. The van der Waals surface area contributed by atoms with Crippen molar-refractivity contribution in [2.24, 2.45) is 0 Å². The number of fused-ring (bicyclic) bond motifs is 1. The van der Waals surface area contributed by atoms with E-state index in [9.17, 15) is 13.6 Å². The highest BCUT2D eigenvalue weighted by atomic mass is 19.1. The van der Waals surface area contributed by atoms with E-state index in [0.29, 0.717) is 11.5 Å². The van der Waals surface area contributed by atoms with Gasteiger partial charge in [0.05, 0.1) is 11.2 Å². The third kappa shape index (κ3) is 2.63. The van der Waals surface area contributed by atoms with Crippen molar-refractivity contribution in [3.8, 4) is 11.6 Å². The number of carbonyl (C=O) groups is 1. The lowest BCUT2D eigenvalue weighted by atomic mass is 10.1. The number of hydrogen-bond acceptors (Lipinski definition) is 5. The molecule has 1 aliphatic heterocycles. The lowest BCUT2D eigenvalue weighted by molar-refractivity contribution is -0.117. The summed E-state index contributed by atoms with van der Waals surface area (Å²) in [4.78, 5) is 18.0. The van der Waals surface area contributed by atoms with Crippen LogP contribution in [0.4, 0.5) is 14.5 Å². The van der Waals surface area contributed by atoms with Crippen LogP contribution in [-0.4, -0.2) is 32.8 Å². The van der Waals surface area contributed by atoms with Crippen LogP contribution in [0.25, 0.3) is 22.5 Å². The molecule has 140 valence electrons. The molecule has 1 atom stereocenters. The van der Waals surface area contributed by atoms with E-state index in [4.69, 9.17) is 4.52 Å². The minimum absolute atomic E-state index is 0.0796. The van der Waals surface area contributed by atoms with Crippen LogP contribution in [0.5, 0.6) is 0 Å². The SMILES string of the molecule is O=C1CC(c2noc(-c3n[nH]c4ccccc34)n2)CN1c1cc(F)ccc1F. The topological polar surface area (TPSA) is 87.9 Å². The number of para-hydroxylation sites is 1. The molecule has 0 radical (unpaired) electrons. The van der Waals surface area contributed by atoms with Gasteiger partial charge in [-0.2, -0.15) is 10.1 Å². The van der Waals surface area contributed by atoms with Gasteiger partial charge in [-0.15, -0.1) is 0 Å². The average Bonchev–Trinajstić information content (AvgIpc) is 3.41. The van der Waals surface area contributed by atoms with Crippen LogP contribution in [0, 0.1) is 11.6 Å². The van der Waals surface area contributed by atoms with Crippen LogP contribution in [0.3, 0.4) is 0 Å². The van der Waals surface area contributed by atoms with E-state index < -0.39 is 17.6 Å². The number of carbonyl (C=O) groups excluding carboxylic acids is 1. The Morgan fingerprint density at radius 2 is 2.04 bits per heavy atom. The number of amides is 1. The van der Waals surface area contributed by atoms with Crippen LogP contribution in [0.1, 0.15) is 18.2 Å². The number of hydrogen-bond donors (Lipinski definition) is 1. The number of nitrogens with one attached hydrogen (secondary N) is 1. The van der Waals surface area contributed by atoms with Crippen molar-refractivity contribution >= 4 is 22.5 Å². The number of rotatable bonds is 3. The smallest absolute Gasteiger partial charge is 0.279 e. The minimum Gasteiger partial charge on any atom is -0.332 e.